The van der Waals surface area contributed by atoms with E-state index < -0.39 is 0 Å². The van der Waals surface area contributed by atoms with E-state index in [0.29, 0.717) is 31.0 Å². The highest BCUT2D eigenvalue weighted by molar-refractivity contribution is 8.15. The van der Waals surface area contributed by atoms with E-state index in [4.69, 9.17) is 20.3 Å². The Morgan fingerprint density at radius 2 is 2.12 bits per heavy atom. The highest BCUT2D eigenvalue weighted by Crippen LogP contribution is 2.32. The molecule has 3 aromatic rings. The van der Waals surface area contributed by atoms with Gasteiger partial charge in [-0.2, -0.15) is 0 Å². The van der Waals surface area contributed by atoms with E-state index in [-0.39, 0.29) is 42.8 Å². The number of aliphatic hydroxyl groups excluding tert-OH is 1. The minimum atomic E-state index is -0.192. The molecule has 1 atom stereocenters. The summed E-state index contributed by atoms with van der Waals surface area (Å²) in [5.41, 5.74) is 8.35. The maximum absolute atomic E-state index is 11.6. The van der Waals surface area contributed by atoms with Crippen molar-refractivity contribution in [3.8, 4) is 5.75 Å². The van der Waals surface area contributed by atoms with Gasteiger partial charge in [0.1, 0.15) is 17.4 Å². The number of H-pyrrole nitrogens is 1. The van der Waals surface area contributed by atoms with E-state index in [0.717, 1.165) is 25.8 Å². The Kier molecular flexibility index (Phi) is 14.6. The van der Waals surface area contributed by atoms with Crippen LogP contribution in [0.5, 0.6) is 5.75 Å². The largest absolute Gasteiger partial charge is 0.491 e. The van der Waals surface area contributed by atoms with E-state index in [1.54, 1.807) is 36.1 Å². The van der Waals surface area contributed by atoms with Crippen LogP contribution in [0.2, 0.25) is 0 Å². The standard InChI is InChI=1S/C17H21N3O4S.C4H4S2.CH4.2H2O/c1-2-23-15(22)8-12-9-19-17(25-12)14-6-10-5-11(24-4-3-21)7-13(18)16(10)20-14;5-4-2-1-3-6-4;;;/h5-7,12,20-21H,2-4,8-9,18H2,1H3;1-3,5H;1H4;2*1H2. The number of aliphatic hydroxyl groups is 1. The molecule has 0 radical (unpaired) electrons. The Morgan fingerprint density at radius 1 is 1.35 bits per heavy atom. The second-order valence-corrected chi connectivity index (χ2v) is 9.60. The van der Waals surface area contributed by atoms with Crippen LogP contribution in [-0.2, 0) is 9.53 Å². The number of hydrogen-bond acceptors (Lipinski definition) is 9. The van der Waals surface area contributed by atoms with Crippen LogP contribution in [-0.4, -0.2) is 63.7 Å². The lowest BCUT2D eigenvalue weighted by atomic mass is 10.2. The van der Waals surface area contributed by atoms with Crippen molar-refractivity contribution in [2.75, 3.05) is 32.1 Å². The molecule has 12 heteroatoms. The number of anilines is 1. The Hall–Kier alpha value is -2.22. The molecule has 4 rings (SSSR count). The molecule has 9 nitrogen and oxygen atoms in total. The molecule has 1 aromatic carbocycles. The fourth-order valence-corrected chi connectivity index (χ4v) is 4.75. The van der Waals surface area contributed by atoms with Gasteiger partial charge < -0.3 is 36.3 Å². The van der Waals surface area contributed by atoms with Gasteiger partial charge in [0.25, 0.3) is 0 Å². The number of thiophene rings is 1. The number of esters is 1. The molecule has 0 spiro atoms. The van der Waals surface area contributed by atoms with Gasteiger partial charge in [-0.25, -0.2) is 0 Å². The Morgan fingerprint density at radius 3 is 2.71 bits per heavy atom. The van der Waals surface area contributed by atoms with Crippen LogP contribution in [0.25, 0.3) is 10.9 Å². The average Bonchev–Trinajstić information content (AvgIpc) is 3.48. The van der Waals surface area contributed by atoms with Gasteiger partial charge in [0.15, 0.2) is 0 Å². The highest BCUT2D eigenvalue weighted by atomic mass is 32.2. The number of ether oxygens (including phenoxy) is 2. The zero-order valence-corrected chi connectivity index (χ0v) is 20.6. The molecule has 1 aliphatic rings. The fraction of sp³-hybridized carbons (Fsp3) is 0.364. The van der Waals surface area contributed by atoms with Gasteiger partial charge in [0.05, 0.1) is 47.3 Å². The summed E-state index contributed by atoms with van der Waals surface area (Å²) in [6.45, 7) is 2.96. The molecule has 0 amide bonds. The number of nitrogens with two attached hydrogens (primary N) is 1. The van der Waals surface area contributed by atoms with Crippen LogP contribution in [0.15, 0.2) is 44.9 Å². The van der Waals surface area contributed by atoms with Crippen LogP contribution < -0.4 is 10.5 Å². The Labute approximate surface area is 212 Å². The molecule has 2 aromatic heterocycles. The van der Waals surface area contributed by atoms with E-state index in [2.05, 4.69) is 22.6 Å². The molecular formula is C22H33N3O6S3. The summed E-state index contributed by atoms with van der Waals surface area (Å²) in [5, 5.41) is 12.7. The number of aromatic nitrogens is 1. The van der Waals surface area contributed by atoms with Crippen LogP contribution >= 0.6 is 35.7 Å². The van der Waals surface area contributed by atoms with Crippen molar-refractivity contribution in [3.05, 3.63) is 41.4 Å². The Bertz CT molecular complexity index is 1040. The molecule has 1 aliphatic heterocycles. The molecule has 0 saturated carbocycles. The van der Waals surface area contributed by atoms with Crippen molar-refractivity contribution >= 4 is 63.3 Å². The number of carbonyl (C=O) groups excluding carboxylic acids is 1. The van der Waals surface area contributed by atoms with Crippen LogP contribution in [0.4, 0.5) is 5.69 Å². The average molecular weight is 532 g/mol. The quantitative estimate of drug-likeness (QED) is 0.207. The number of hydrogen-bond donors (Lipinski definition) is 4. The third kappa shape index (κ3) is 8.85. The molecule has 0 fully saturated rings. The predicted molar refractivity (Wildman–Crippen MR) is 145 cm³/mol. The van der Waals surface area contributed by atoms with E-state index in [1.165, 1.54) is 0 Å². The number of aromatic amines is 1. The molecule has 8 N–H and O–H groups in total. The molecule has 190 valence electrons. The zero-order valence-electron chi connectivity index (χ0n) is 18.0. The molecule has 0 saturated heterocycles. The smallest absolute Gasteiger partial charge is 0.306 e. The van der Waals surface area contributed by atoms with Crippen LogP contribution in [0, 0.1) is 0 Å². The van der Waals surface area contributed by atoms with Gasteiger partial charge in [-0.05, 0) is 30.5 Å². The van der Waals surface area contributed by atoms with Crippen molar-refractivity contribution in [1.29, 1.82) is 0 Å². The van der Waals surface area contributed by atoms with Gasteiger partial charge in [-0.3, -0.25) is 9.79 Å². The summed E-state index contributed by atoms with van der Waals surface area (Å²) in [6, 6.07) is 9.51. The first-order valence-electron chi connectivity index (χ1n) is 9.75. The summed E-state index contributed by atoms with van der Waals surface area (Å²) in [7, 11) is 0. The number of thioether (sulfide) groups is 1. The molecule has 3 heterocycles. The minimum Gasteiger partial charge on any atom is -0.491 e. The van der Waals surface area contributed by atoms with Gasteiger partial charge in [-0.1, -0.05) is 25.3 Å². The van der Waals surface area contributed by atoms with Gasteiger partial charge >= 0.3 is 5.97 Å². The summed E-state index contributed by atoms with van der Waals surface area (Å²) in [4.78, 5) is 19.4. The van der Waals surface area contributed by atoms with Crippen molar-refractivity contribution < 1.29 is 30.3 Å². The lowest BCUT2D eigenvalue weighted by Crippen LogP contribution is -2.14. The third-order valence-electron chi connectivity index (χ3n) is 4.25. The number of aliphatic imine (C=N–C) groups is 1. The number of fused-ring (bicyclic) bond motifs is 1. The topological polar surface area (TPSA) is 173 Å². The SMILES string of the molecule is C.CCOC(=O)CC1CN=C(c2cc3cc(OCCO)cc(N)c3[nH]2)S1.O.O.Sc1cccs1. The lowest BCUT2D eigenvalue weighted by molar-refractivity contribution is -0.143. The summed E-state index contributed by atoms with van der Waals surface area (Å²) >= 11 is 7.27. The lowest BCUT2D eigenvalue weighted by Gasteiger charge is -2.06. The normalized spacial score (nSPS) is 14.0. The first-order chi connectivity index (χ1) is 15.0. The minimum absolute atomic E-state index is 0. The van der Waals surface area contributed by atoms with Crippen molar-refractivity contribution in [3.63, 3.8) is 0 Å². The summed E-state index contributed by atoms with van der Waals surface area (Å²) in [5.74, 6) is 0.425. The number of thiol groups is 1. The van der Waals surface area contributed by atoms with Crippen molar-refractivity contribution in [1.82, 2.24) is 4.98 Å². The van der Waals surface area contributed by atoms with Crippen LogP contribution in [0.3, 0.4) is 0 Å². The molecule has 34 heavy (non-hydrogen) atoms. The zero-order chi connectivity index (χ0) is 22.2. The number of nitrogens with one attached hydrogen (secondary N) is 1. The van der Waals surface area contributed by atoms with Crippen LogP contribution in [0.1, 0.15) is 26.5 Å². The first-order valence-corrected chi connectivity index (χ1v) is 12.0. The fourth-order valence-electron chi connectivity index (χ4n) is 2.95. The highest BCUT2D eigenvalue weighted by Gasteiger charge is 2.25. The van der Waals surface area contributed by atoms with E-state index in [9.17, 15) is 4.79 Å². The predicted octanol–water partition coefficient (Wildman–Crippen LogP) is 2.96. The molecular weight excluding hydrogens is 498 g/mol. The Balaban J connectivity index is 0.00000106. The van der Waals surface area contributed by atoms with E-state index >= 15 is 0 Å². The molecule has 0 bridgehead atoms. The number of rotatable bonds is 7. The second kappa shape index (κ2) is 15.6. The number of benzene rings is 1. The molecule has 0 aliphatic carbocycles. The molecule has 1 unspecified atom stereocenters. The number of nitrogen functional groups attached to an aromatic ring is 1. The summed E-state index contributed by atoms with van der Waals surface area (Å²) in [6.07, 6.45) is 0.354. The maximum Gasteiger partial charge on any atom is 0.306 e. The monoisotopic (exact) mass is 531 g/mol. The first kappa shape index (κ1) is 31.8. The van der Waals surface area contributed by atoms with Gasteiger partial charge in [-0.15, -0.1) is 24.0 Å². The second-order valence-electron chi connectivity index (χ2n) is 6.58. The maximum atomic E-state index is 11.6. The van der Waals surface area contributed by atoms with Gasteiger partial charge in [0.2, 0.25) is 0 Å². The summed E-state index contributed by atoms with van der Waals surface area (Å²) < 4.78 is 11.5. The number of carbonyl (C=O) groups is 1. The van der Waals surface area contributed by atoms with Crippen molar-refractivity contribution in [2.45, 2.75) is 30.2 Å². The van der Waals surface area contributed by atoms with Gasteiger partial charge in [0, 0.05) is 16.7 Å². The number of nitrogens with zero attached hydrogens (tertiary/aromatic N) is 1. The van der Waals surface area contributed by atoms with E-state index in [1.807, 2.05) is 29.6 Å². The third-order valence-corrected chi connectivity index (χ3v) is 6.60. The van der Waals surface area contributed by atoms with Crippen molar-refractivity contribution in [2.24, 2.45) is 4.99 Å².